The summed E-state index contributed by atoms with van der Waals surface area (Å²) in [7, 11) is 0. The Morgan fingerprint density at radius 2 is 1.53 bits per heavy atom. The Morgan fingerprint density at radius 3 is 1.95 bits per heavy atom. The number of carbonyl (C=O) groups excluding carboxylic acids is 2. The zero-order valence-corrected chi connectivity index (χ0v) is 11.0. The van der Waals surface area contributed by atoms with Gasteiger partial charge in [0.05, 0.1) is 0 Å². The zero-order valence-electron chi connectivity index (χ0n) is 11.0. The van der Waals surface area contributed by atoms with Crippen molar-refractivity contribution in [3.63, 3.8) is 0 Å². The Hall–Kier alpha value is -2.17. The summed E-state index contributed by atoms with van der Waals surface area (Å²) in [6.45, 7) is 4.10. The molecule has 0 aliphatic heterocycles. The summed E-state index contributed by atoms with van der Waals surface area (Å²) in [4.78, 5) is 21.9. The van der Waals surface area contributed by atoms with Crippen LogP contribution in [-0.4, -0.2) is 18.2 Å². The van der Waals surface area contributed by atoms with Crippen LogP contribution in [0.3, 0.4) is 0 Å². The molecule has 0 aliphatic carbocycles. The molecule has 4 nitrogen and oxygen atoms in total. The Balaban J connectivity index is 2.90. The van der Waals surface area contributed by atoms with Gasteiger partial charge in [0.15, 0.2) is 0 Å². The standard InChI is InChI=1S/C14H15FO4/c1-9(8-12-4-6-13(15)7-5-12)14(18-10(2)16)19-11(3)17/h4-8,14H,1-3H3/b9-8+. The van der Waals surface area contributed by atoms with Crippen molar-refractivity contribution in [2.24, 2.45) is 0 Å². The van der Waals surface area contributed by atoms with Gasteiger partial charge >= 0.3 is 11.9 Å². The van der Waals surface area contributed by atoms with Crippen molar-refractivity contribution in [2.45, 2.75) is 27.1 Å². The van der Waals surface area contributed by atoms with Gasteiger partial charge < -0.3 is 9.47 Å². The molecular formula is C14H15FO4. The summed E-state index contributed by atoms with van der Waals surface area (Å²) in [5, 5.41) is 0. The lowest BCUT2D eigenvalue weighted by Gasteiger charge is -2.17. The van der Waals surface area contributed by atoms with E-state index < -0.39 is 18.2 Å². The molecule has 0 radical (unpaired) electrons. The van der Waals surface area contributed by atoms with Crippen molar-refractivity contribution in [2.75, 3.05) is 0 Å². The van der Waals surface area contributed by atoms with Crippen LogP contribution in [0, 0.1) is 5.82 Å². The van der Waals surface area contributed by atoms with Crippen LogP contribution in [0.25, 0.3) is 6.08 Å². The lowest BCUT2D eigenvalue weighted by atomic mass is 10.1. The lowest BCUT2D eigenvalue weighted by molar-refractivity contribution is -0.177. The minimum absolute atomic E-state index is 0.341. The van der Waals surface area contributed by atoms with Gasteiger partial charge in [-0.05, 0) is 30.7 Å². The average molecular weight is 266 g/mol. The van der Waals surface area contributed by atoms with Gasteiger partial charge in [-0.15, -0.1) is 0 Å². The molecule has 0 spiro atoms. The van der Waals surface area contributed by atoms with E-state index in [0.29, 0.717) is 11.1 Å². The van der Waals surface area contributed by atoms with Gasteiger partial charge in [0, 0.05) is 19.4 Å². The zero-order chi connectivity index (χ0) is 14.4. The highest BCUT2D eigenvalue weighted by molar-refractivity contribution is 5.69. The van der Waals surface area contributed by atoms with Gasteiger partial charge in [0.1, 0.15) is 5.82 Å². The quantitative estimate of drug-likeness (QED) is 0.621. The molecule has 1 aromatic rings. The average Bonchev–Trinajstić information content (AvgIpc) is 2.30. The fourth-order valence-electron chi connectivity index (χ4n) is 1.40. The maximum Gasteiger partial charge on any atom is 0.305 e. The number of hydrogen-bond donors (Lipinski definition) is 0. The maximum atomic E-state index is 12.8. The first-order chi connectivity index (χ1) is 8.88. The molecule has 0 aromatic heterocycles. The predicted molar refractivity (Wildman–Crippen MR) is 67.4 cm³/mol. The fraction of sp³-hybridized carbons (Fsp3) is 0.286. The van der Waals surface area contributed by atoms with Crippen molar-refractivity contribution in [1.29, 1.82) is 0 Å². The van der Waals surface area contributed by atoms with Crippen LogP contribution in [0.15, 0.2) is 29.8 Å². The monoisotopic (exact) mass is 266 g/mol. The van der Waals surface area contributed by atoms with Gasteiger partial charge in [-0.1, -0.05) is 12.1 Å². The summed E-state index contributed by atoms with van der Waals surface area (Å²) in [6, 6.07) is 5.76. The molecule has 0 unspecified atom stereocenters. The van der Waals surface area contributed by atoms with Gasteiger partial charge in [0.25, 0.3) is 6.29 Å². The second kappa shape index (κ2) is 6.68. The third-order valence-corrected chi connectivity index (χ3v) is 2.18. The molecular weight excluding hydrogens is 251 g/mol. The maximum absolute atomic E-state index is 12.8. The van der Waals surface area contributed by atoms with Gasteiger partial charge in [-0.3, -0.25) is 9.59 Å². The summed E-state index contributed by atoms with van der Waals surface area (Å²) >= 11 is 0. The van der Waals surface area contributed by atoms with E-state index >= 15 is 0 Å². The van der Waals surface area contributed by atoms with E-state index in [1.54, 1.807) is 25.1 Å². The van der Waals surface area contributed by atoms with Gasteiger partial charge in [-0.2, -0.15) is 0 Å². The van der Waals surface area contributed by atoms with E-state index in [2.05, 4.69) is 0 Å². The van der Waals surface area contributed by atoms with E-state index in [9.17, 15) is 14.0 Å². The molecule has 0 atom stereocenters. The number of hydrogen-bond acceptors (Lipinski definition) is 4. The van der Waals surface area contributed by atoms with Crippen LogP contribution < -0.4 is 0 Å². The lowest BCUT2D eigenvalue weighted by Crippen LogP contribution is -2.23. The molecule has 0 saturated carbocycles. The molecule has 1 aromatic carbocycles. The fourth-order valence-corrected chi connectivity index (χ4v) is 1.40. The molecule has 1 rings (SSSR count). The smallest absolute Gasteiger partial charge is 0.305 e. The van der Waals surface area contributed by atoms with Crippen molar-refractivity contribution in [3.05, 3.63) is 41.2 Å². The van der Waals surface area contributed by atoms with Crippen LogP contribution in [-0.2, 0) is 19.1 Å². The van der Waals surface area contributed by atoms with Crippen molar-refractivity contribution in [1.82, 2.24) is 0 Å². The van der Waals surface area contributed by atoms with E-state index in [0.717, 1.165) is 0 Å². The highest BCUT2D eigenvalue weighted by Crippen LogP contribution is 2.14. The van der Waals surface area contributed by atoms with Gasteiger partial charge in [0.2, 0.25) is 0 Å². The normalized spacial score (nSPS) is 11.3. The summed E-state index contributed by atoms with van der Waals surface area (Å²) in [6.07, 6.45) is 0.579. The third kappa shape index (κ3) is 5.33. The van der Waals surface area contributed by atoms with Crippen LogP contribution in [0.5, 0.6) is 0 Å². The van der Waals surface area contributed by atoms with Crippen LogP contribution >= 0.6 is 0 Å². The highest BCUT2D eigenvalue weighted by atomic mass is 19.1. The summed E-state index contributed by atoms with van der Waals surface area (Å²) in [5.74, 6) is -1.46. The number of esters is 2. The topological polar surface area (TPSA) is 52.6 Å². The number of ether oxygens (including phenoxy) is 2. The Bertz CT molecular complexity index is 475. The molecule has 0 saturated heterocycles. The molecule has 0 amide bonds. The molecule has 0 aliphatic rings. The van der Waals surface area contributed by atoms with Crippen molar-refractivity contribution < 1.29 is 23.5 Å². The van der Waals surface area contributed by atoms with Crippen LogP contribution in [0.2, 0.25) is 0 Å². The summed E-state index contributed by atoms with van der Waals surface area (Å²) in [5.41, 5.74) is 1.24. The van der Waals surface area contributed by atoms with Crippen molar-refractivity contribution in [3.8, 4) is 0 Å². The first-order valence-corrected chi connectivity index (χ1v) is 5.66. The Labute approximate surface area is 110 Å². The predicted octanol–water partition coefficient (Wildman–Crippen LogP) is 2.68. The molecule has 0 N–H and O–H groups in total. The summed E-state index contributed by atoms with van der Waals surface area (Å²) < 4.78 is 22.6. The molecule has 102 valence electrons. The molecule has 0 heterocycles. The number of halogens is 1. The van der Waals surface area contributed by atoms with Crippen molar-refractivity contribution >= 4 is 18.0 Å². The van der Waals surface area contributed by atoms with E-state index in [1.807, 2.05) is 0 Å². The van der Waals surface area contributed by atoms with E-state index in [1.165, 1.54) is 26.0 Å². The second-order valence-corrected chi connectivity index (χ2v) is 3.99. The number of carbonyl (C=O) groups is 2. The molecule has 0 fully saturated rings. The van der Waals surface area contributed by atoms with E-state index in [4.69, 9.17) is 9.47 Å². The van der Waals surface area contributed by atoms with Crippen LogP contribution in [0.4, 0.5) is 4.39 Å². The number of benzene rings is 1. The molecule has 0 bridgehead atoms. The molecule has 19 heavy (non-hydrogen) atoms. The minimum atomic E-state index is -1.07. The number of rotatable bonds is 4. The third-order valence-electron chi connectivity index (χ3n) is 2.18. The Morgan fingerprint density at radius 1 is 1.05 bits per heavy atom. The largest absolute Gasteiger partial charge is 0.421 e. The SMILES string of the molecule is CC(=O)OC(OC(C)=O)/C(C)=C/c1ccc(F)cc1. The Kier molecular flexibility index (Phi) is 5.23. The second-order valence-electron chi connectivity index (χ2n) is 3.99. The first-order valence-electron chi connectivity index (χ1n) is 5.66. The first kappa shape index (κ1) is 14.9. The highest BCUT2D eigenvalue weighted by Gasteiger charge is 2.17. The van der Waals surface area contributed by atoms with E-state index in [-0.39, 0.29) is 5.82 Å². The minimum Gasteiger partial charge on any atom is -0.421 e. The van der Waals surface area contributed by atoms with Crippen LogP contribution in [0.1, 0.15) is 26.3 Å². The molecule has 5 heteroatoms. The van der Waals surface area contributed by atoms with Gasteiger partial charge in [-0.25, -0.2) is 4.39 Å².